The van der Waals surface area contributed by atoms with Gasteiger partial charge < -0.3 is 5.32 Å². The Morgan fingerprint density at radius 1 is 1.00 bits per heavy atom. The van der Waals surface area contributed by atoms with Crippen LogP contribution < -0.4 is 5.32 Å². The van der Waals surface area contributed by atoms with Gasteiger partial charge in [-0.1, -0.05) is 60.7 Å². The van der Waals surface area contributed by atoms with Gasteiger partial charge in [-0.3, -0.25) is 4.79 Å². The number of carbonyl (C=O) groups is 1. The third-order valence-corrected chi connectivity index (χ3v) is 3.13. The van der Waals surface area contributed by atoms with E-state index in [1.807, 2.05) is 55.5 Å². The lowest BCUT2D eigenvalue weighted by molar-refractivity contribution is -0.116. The summed E-state index contributed by atoms with van der Waals surface area (Å²) >= 11 is 0. The Kier molecular flexibility index (Phi) is 5.13. The van der Waals surface area contributed by atoms with Crippen LogP contribution in [0.5, 0.6) is 0 Å². The van der Waals surface area contributed by atoms with Gasteiger partial charge in [-0.2, -0.15) is 0 Å². The Morgan fingerprint density at radius 2 is 1.60 bits per heavy atom. The Balaban J connectivity index is 1.83. The molecule has 2 aromatic rings. The summed E-state index contributed by atoms with van der Waals surface area (Å²) in [5.74, 6) is -0.0396. The molecule has 2 heteroatoms. The van der Waals surface area contributed by atoms with Crippen molar-refractivity contribution >= 4 is 11.5 Å². The molecule has 20 heavy (non-hydrogen) atoms. The first-order chi connectivity index (χ1) is 9.75. The summed E-state index contributed by atoms with van der Waals surface area (Å²) in [5.41, 5.74) is 3.28. The van der Waals surface area contributed by atoms with Crippen LogP contribution in [0.4, 0.5) is 0 Å². The van der Waals surface area contributed by atoms with Crippen LogP contribution >= 0.6 is 0 Å². The van der Waals surface area contributed by atoms with E-state index < -0.39 is 0 Å². The molecule has 102 valence electrons. The standard InChI is InChI=1S/C18H19NO/c1-15(17-10-6-3-7-11-17)14-18(20)19-13-12-16-8-4-2-5-9-16/h2-11,14H,12-13H2,1H3,(H,19,20)/b15-14+. The van der Waals surface area contributed by atoms with Crippen LogP contribution in [-0.2, 0) is 11.2 Å². The lowest BCUT2D eigenvalue weighted by Crippen LogP contribution is -2.23. The van der Waals surface area contributed by atoms with Gasteiger partial charge in [0, 0.05) is 12.6 Å². The van der Waals surface area contributed by atoms with E-state index in [1.165, 1.54) is 5.56 Å². The third-order valence-electron chi connectivity index (χ3n) is 3.13. The number of hydrogen-bond donors (Lipinski definition) is 1. The molecule has 0 heterocycles. The maximum absolute atomic E-state index is 11.8. The number of amides is 1. The average Bonchev–Trinajstić information content (AvgIpc) is 2.49. The first kappa shape index (κ1) is 14.1. The van der Waals surface area contributed by atoms with Crippen molar-refractivity contribution in [2.75, 3.05) is 6.54 Å². The van der Waals surface area contributed by atoms with E-state index in [-0.39, 0.29) is 5.91 Å². The number of rotatable bonds is 5. The highest BCUT2D eigenvalue weighted by Gasteiger charge is 2.00. The summed E-state index contributed by atoms with van der Waals surface area (Å²) in [4.78, 5) is 11.8. The first-order valence-corrected chi connectivity index (χ1v) is 6.81. The molecule has 1 amide bonds. The molecule has 0 atom stereocenters. The zero-order valence-electron chi connectivity index (χ0n) is 11.7. The highest BCUT2D eigenvalue weighted by Crippen LogP contribution is 2.12. The molecule has 2 nitrogen and oxygen atoms in total. The maximum Gasteiger partial charge on any atom is 0.244 e. The molecule has 1 N–H and O–H groups in total. The van der Waals surface area contributed by atoms with Gasteiger partial charge in [0.1, 0.15) is 0 Å². The second-order valence-electron chi connectivity index (χ2n) is 4.72. The predicted octanol–water partition coefficient (Wildman–Crippen LogP) is 3.45. The van der Waals surface area contributed by atoms with Crippen molar-refractivity contribution < 1.29 is 4.79 Å². The van der Waals surface area contributed by atoms with Crippen LogP contribution in [0.1, 0.15) is 18.1 Å². The van der Waals surface area contributed by atoms with Crippen LogP contribution in [0, 0.1) is 0 Å². The molecule has 0 aromatic heterocycles. The lowest BCUT2D eigenvalue weighted by atomic mass is 10.1. The molecule has 0 spiro atoms. The van der Waals surface area contributed by atoms with Crippen molar-refractivity contribution in [3.05, 3.63) is 77.9 Å². The van der Waals surface area contributed by atoms with Crippen molar-refractivity contribution in [1.82, 2.24) is 5.32 Å². The average molecular weight is 265 g/mol. The van der Waals surface area contributed by atoms with Crippen molar-refractivity contribution in [2.45, 2.75) is 13.3 Å². The van der Waals surface area contributed by atoms with Crippen molar-refractivity contribution in [1.29, 1.82) is 0 Å². The summed E-state index contributed by atoms with van der Waals surface area (Å²) < 4.78 is 0. The molecule has 0 aliphatic rings. The maximum atomic E-state index is 11.8. The fourth-order valence-electron chi connectivity index (χ4n) is 2.01. The summed E-state index contributed by atoms with van der Waals surface area (Å²) in [7, 11) is 0. The minimum atomic E-state index is -0.0396. The summed E-state index contributed by atoms with van der Waals surface area (Å²) in [5, 5.41) is 2.92. The zero-order chi connectivity index (χ0) is 14.2. The van der Waals surface area contributed by atoms with Gasteiger partial charge in [-0.05, 0) is 30.0 Å². The minimum Gasteiger partial charge on any atom is -0.352 e. The van der Waals surface area contributed by atoms with E-state index in [2.05, 4.69) is 17.4 Å². The molecule has 0 unspecified atom stereocenters. The van der Waals surface area contributed by atoms with Crippen molar-refractivity contribution in [3.8, 4) is 0 Å². The smallest absolute Gasteiger partial charge is 0.244 e. The Hall–Kier alpha value is -2.35. The lowest BCUT2D eigenvalue weighted by Gasteiger charge is -2.04. The SMILES string of the molecule is C/C(=C\C(=O)NCCc1ccccc1)c1ccccc1. The zero-order valence-corrected chi connectivity index (χ0v) is 11.7. The Morgan fingerprint density at radius 3 is 2.25 bits per heavy atom. The normalized spacial score (nSPS) is 11.2. The van der Waals surface area contributed by atoms with Crippen LogP contribution in [0.15, 0.2) is 66.7 Å². The fraction of sp³-hybridized carbons (Fsp3) is 0.167. The van der Waals surface area contributed by atoms with Gasteiger partial charge in [-0.25, -0.2) is 0 Å². The van der Waals surface area contributed by atoms with Crippen LogP contribution in [0.25, 0.3) is 5.57 Å². The molecular weight excluding hydrogens is 246 g/mol. The largest absolute Gasteiger partial charge is 0.352 e. The molecule has 2 aromatic carbocycles. The van der Waals surface area contributed by atoms with Crippen LogP contribution in [-0.4, -0.2) is 12.5 Å². The Bertz CT molecular complexity index is 573. The third kappa shape index (κ3) is 4.39. The highest BCUT2D eigenvalue weighted by molar-refractivity contribution is 5.94. The van der Waals surface area contributed by atoms with Gasteiger partial charge in [0.15, 0.2) is 0 Å². The van der Waals surface area contributed by atoms with E-state index in [0.717, 1.165) is 17.6 Å². The number of allylic oxidation sites excluding steroid dienone is 1. The molecule has 0 fully saturated rings. The topological polar surface area (TPSA) is 29.1 Å². The van der Waals surface area contributed by atoms with Gasteiger partial charge in [-0.15, -0.1) is 0 Å². The monoisotopic (exact) mass is 265 g/mol. The summed E-state index contributed by atoms with van der Waals surface area (Å²) in [6.07, 6.45) is 2.51. The summed E-state index contributed by atoms with van der Waals surface area (Å²) in [6.45, 7) is 2.60. The number of carbonyl (C=O) groups excluding carboxylic acids is 1. The van der Waals surface area contributed by atoms with E-state index in [1.54, 1.807) is 6.08 Å². The van der Waals surface area contributed by atoms with E-state index in [4.69, 9.17) is 0 Å². The number of hydrogen-bond acceptors (Lipinski definition) is 1. The molecule has 0 bridgehead atoms. The minimum absolute atomic E-state index is 0.0396. The van der Waals surface area contributed by atoms with Gasteiger partial charge >= 0.3 is 0 Å². The second-order valence-corrected chi connectivity index (χ2v) is 4.72. The van der Waals surface area contributed by atoms with E-state index >= 15 is 0 Å². The molecular formula is C18H19NO. The van der Waals surface area contributed by atoms with Gasteiger partial charge in [0.25, 0.3) is 0 Å². The first-order valence-electron chi connectivity index (χ1n) is 6.81. The summed E-state index contributed by atoms with van der Waals surface area (Å²) in [6, 6.07) is 20.1. The second kappa shape index (κ2) is 7.29. The quantitative estimate of drug-likeness (QED) is 0.824. The van der Waals surface area contributed by atoms with Crippen LogP contribution in [0.2, 0.25) is 0 Å². The van der Waals surface area contributed by atoms with Gasteiger partial charge in [0.05, 0.1) is 0 Å². The molecule has 0 radical (unpaired) electrons. The molecule has 0 aliphatic heterocycles. The number of nitrogens with one attached hydrogen (secondary N) is 1. The van der Waals surface area contributed by atoms with E-state index in [0.29, 0.717) is 6.54 Å². The van der Waals surface area contributed by atoms with Gasteiger partial charge in [0.2, 0.25) is 5.91 Å². The number of benzene rings is 2. The molecule has 0 saturated heterocycles. The molecule has 0 saturated carbocycles. The fourth-order valence-corrected chi connectivity index (χ4v) is 2.01. The predicted molar refractivity (Wildman–Crippen MR) is 83.2 cm³/mol. The highest BCUT2D eigenvalue weighted by atomic mass is 16.1. The van der Waals surface area contributed by atoms with Crippen molar-refractivity contribution in [3.63, 3.8) is 0 Å². The van der Waals surface area contributed by atoms with Crippen molar-refractivity contribution in [2.24, 2.45) is 0 Å². The molecule has 0 aliphatic carbocycles. The van der Waals surface area contributed by atoms with E-state index in [9.17, 15) is 4.79 Å². The Labute approximate surface area is 120 Å². The molecule has 2 rings (SSSR count). The van der Waals surface area contributed by atoms with Crippen LogP contribution in [0.3, 0.4) is 0 Å².